The second-order valence-corrected chi connectivity index (χ2v) is 5.21. The van der Waals surface area contributed by atoms with Gasteiger partial charge in [-0.1, -0.05) is 19.0 Å². The maximum absolute atomic E-state index is 5.42. The topological polar surface area (TPSA) is 60.2 Å². The molecule has 2 rings (SSSR count). The number of aromatic nitrogens is 2. The van der Waals surface area contributed by atoms with Gasteiger partial charge in [0.1, 0.15) is 6.61 Å². The van der Waals surface area contributed by atoms with Crippen molar-refractivity contribution >= 4 is 0 Å². The lowest BCUT2D eigenvalue weighted by atomic mass is 9.86. The van der Waals surface area contributed by atoms with Crippen molar-refractivity contribution in [2.45, 2.75) is 64.5 Å². The lowest BCUT2D eigenvalue weighted by Crippen LogP contribution is -2.32. The summed E-state index contributed by atoms with van der Waals surface area (Å²) >= 11 is 0. The maximum atomic E-state index is 5.42. The average molecular weight is 267 g/mol. The van der Waals surface area contributed by atoms with Crippen LogP contribution in [0.25, 0.3) is 0 Å². The van der Waals surface area contributed by atoms with Crippen molar-refractivity contribution in [2.75, 3.05) is 13.2 Å². The van der Waals surface area contributed by atoms with Gasteiger partial charge in [0.25, 0.3) is 0 Å². The summed E-state index contributed by atoms with van der Waals surface area (Å²) in [5.74, 6) is 1.91. The number of rotatable bonds is 7. The highest BCUT2D eigenvalue weighted by molar-refractivity contribution is 4.96. The Kier molecular flexibility index (Phi) is 5.79. The van der Waals surface area contributed by atoms with Crippen molar-refractivity contribution in [3.63, 3.8) is 0 Å². The zero-order valence-corrected chi connectivity index (χ0v) is 12.0. The molecule has 1 saturated carbocycles. The average Bonchev–Trinajstić information content (AvgIpc) is 2.89. The molecule has 0 spiro atoms. The summed E-state index contributed by atoms with van der Waals surface area (Å²) in [4.78, 5) is 4.45. The summed E-state index contributed by atoms with van der Waals surface area (Å²) < 4.78 is 10.8. The monoisotopic (exact) mass is 267 g/mol. The molecule has 0 unspecified atom stereocenters. The van der Waals surface area contributed by atoms with E-state index in [0.717, 1.165) is 38.3 Å². The van der Waals surface area contributed by atoms with Gasteiger partial charge >= 0.3 is 0 Å². The minimum Gasteiger partial charge on any atom is -0.373 e. The van der Waals surface area contributed by atoms with Crippen molar-refractivity contribution < 1.29 is 9.26 Å². The van der Waals surface area contributed by atoms with E-state index in [4.69, 9.17) is 9.26 Å². The van der Waals surface area contributed by atoms with Crippen molar-refractivity contribution in [2.24, 2.45) is 0 Å². The fourth-order valence-corrected chi connectivity index (χ4v) is 2.63. The van der Waals surface area contributed by atoms with Crippen molar-refractivity contribution in [1.82, 2.24) is 15.5 Å². The smallest absolute Gasteiger partial charge is 0.229 e. The third kappa shape index (κ3) is 4.28. The van der Waals surface area contributed by atoms with E-state index in [0.29, 0.717) is 24.4 Å². The highest BCUT2D eigenvalue weighted by Crippen LogP contribution is 2.31. The molecule has 0 saturated heterocycles. The molecule has 5 heteroatoms. The molecule has 0 radical (unpaired) electrons. The molecule has 5 nitrogen and oxygen atoms in total. The van der Waals surface area contributed by atoms with Gasteiger partial charge in [-0.2, -0.15) is 4.98 Å². The summed E-state index contributed by atoms with van der Waals surface area (Å²) in [6.45, 7) is 6.51. The minimum absolute atomic E-state index is 0.433. The number of hydrogen-bond donors (Lipinski definition) is 1. The van der Waals surface area contributed by atoms with Crippen LogP contribution >= 0.6 is 0 Å². The van der Waals surface area contributed by atoms with Crippen LogP contribution in [-0.2, 0) is 11.3 Å². The van der Waals surface area contributed by atoms with E-state index >= 15 is 0 Å². The van der Waals surface area contributed by atoms with Crippen LogP contribution in [0.1, 0.15) is 63.6 Å². The van der Waals surface area contributed by atoms with Crippen molar-refractivity contribution in [1.29, 1.82) is 0 Å². The van der Waals surface area contributed by atoms with E-state index in [2.05, 4.69) is 29.3 Å². The molecule has 1 aliphatic carbocycles. The second-order valence-electron chi connectivity index (χ2n) is 5.21. The first kappa shape index (κ1) is 14.5. The predicted octanol–water partition coefficient (Wildman–Crippen LogP) is 2.63. The van der Waals surface area contributed by atoms with Gasteiger partial charge in [0, 0.05) is 18.6 Å². The van der Waals surface area contributed by atoms with Gasteiger partial charge in [-0.05, 0) is 38.6 Å². The molecular formula is C14H25N3O2. The van der Waals surface area contributed by atoms with Crippen LogP contribution in [0.5, 0.6) is 0 Å². The molecule has 1 N–H and O–H groups in total. The van der Waals surface area contributed by atoms with E-state index in [9.17, 15) is 0 Å². The Balaban J connectivity index is 1.79. The van der Waals surface area contributed by atoms with Crippen LogP contribution in [0.4, 0.5) is 0 Å². The fraction of sp³-hybridized carbons (Fsp3) is 0.857. The molecular weight excluding hydrogens is 242 g/mol. The summed E-state index contributed by atoms with van der Waals surface area (Å²) in [7, 11) is 0. The Morgan fingerprint density at radius 1 is 1.26 bits per heavy atom. The number of hydrogen-bond acceptors (Lipinski definition) is 5. The normalized spacial score (nSPS) is 23.7. The first-order valence-corrected chi connectivity index (χ1v) is 7.47. The van der Waals surface area contributed by atoms with E-state index in [-0.39, 0.29) is 0 Å². The van der Waals surface area contributed by atoms with Gasteiger partial charge in [0.2, 0.25) is 5.89 Å². The summed E-state index contributed by atoms with van der Waals surface area (Å²) in [5.41, 5.74) is 0. The van der Waals surface area contributed by atoms with Crippen LogP contribution in [-0.4, -0.2) is 29.3 Å². The molecule has 1 heterocycles. The highest BCUT2D eigenvalue weighted by atomic mass is 16.5. The van der Waals surface area contributed by atoms with Crippen LogP contribution in [0.2, 0.25) is 0 Å². The SMILES string of the molecule is CCCOCc1noc(C2CCC(NCC)CC2)n1. The van der Waals surface area contributed by atoms with E-state index in [1.54, 1.807) is 0 Å². The largest absolute Gasteiger partial charge is 0.373 e. The summed E-state index contributed by atoms with van der Waals surface area (Å²) in [6.07, 6.45) is 5.68. The van der Waals surface area contributed by atoms with E-state index < -0.39 is 0 Å². The molecule has 0 atom stereocenters. The van der Waals surface area contributed by atoms with Crippen LogP contribution in [0.3, 0.4) is 0 Å². The van der Waals surface area contributed by atoms with Crippen molar-refractivity contribution in [3.8, 4) is 0 Å². The number of nitrogens with zero attached hydrogens (tertiary/aromatic N) is 2. The first-order chi connectivity index (χ1) is 9.33. The third-order valence-corrected chi connectivity index (χ3v) is 3.63. The van der Waals surface area contributed by atoms with Crippen LogP contribution < -0.4 is 5.32 Å². The Labute approximate surface area is 115 Å². The molecule has 0 aliphatic heterocycles. The highest BCUT2D eigenvalue weighted by Gasteiger charge is 2.25. The van der Waals surface area contributed by atoms with E-state index in [1.165, 1.54) is 12.8 Å². The minimum atomic E-state index is 0.433. The summed E-state index contributed by atoms with van der Waals surface area (Å²) in [6, 6.07) is 0.663. The van der Waals surface area contributed by atoms with Gasteiger partial charge in [-0.25, -0.2) is 0 Å². The molecule has 0 amide bonds. The predicted molar refractivity (Wildman–Crippen MR) is 72.9 cm³/mol. The quantitative estimate of drug-likeness (QED) is 0.770. The maximum Gasteiger partial charge on any atom is 0.229 e. The van der Waals surface area contributed by atoms with Crippen molar-refractivity contribution in [3.05, 3.63) is 11.7 Å². The molecule has 1 fully saturated rings. The third-order valence-electron chi connectivity index (χ3n) is 3.63. The lowest BCUT2D eigenvalue weighted by molar-refractivity contribution is 0.114. The molecule has 1 aromatic rings. The molecule has 1 aliphatic rings. The van der Waals surface area contributed by atoms with E-state index in [1.807, 2.05) is 0 Å². The van der Waals surface area contributed by atoms with Crippen LogP contribution in [0, 0.1) is 0 Å². The van der Waals surface area contributed by atoms with Gasteiger partial charge in [0.05, 0.1) is 0 Å². The Morgan fingerprint density at radius 2 is 2.05 bits per heavy atom. The molecule has 108 valence electrons. The number of ether oxygens (including phenoxy) is 1. The molecule has 0 bridgehead atoms. The fourth-order valence-electron chi connectivity index (χ4n) is 2.63. The zero-order chi connectivity index (χ0) is 13.5. The number of nitrogens with one attached hydrogen (secondary N) is 1. The second kappa shape index (κ2) is 7.60. The Hall–Kier alpha value is -0.940. The van der Waals surface area contributed by atoms with Gasteiger partial charge < -0.3 is 14.6 Å². The van der Waals surface area contributed by atoms with Gasteiger partial charge in [-0.15, -0.1) is 0 Å². The first-order valence-electron chi connectivity index (χ1n) is 7.47. The Bertz CT molecular complexity index is 359. The molecule has 0 aromatic carbocycles. The standard InChI is InChI=1S/C14H25N3O2/c1-3-9-18-10-13-16-14(19-17-13)11-5-7-12(8-6-11)15-4-2/h11-12,15H,3-10H2,1-2H3. The summed E-state index contributed by atoms with van der Waals surface area (Å²) in [5, 5.41) is 7.50. The van der Waals surface area contributed by atoms with Gasteiger partial charge in [-0.3, -0.25) is 0 Å². The lowest BCUT2D eigenvalue weighted by Gasteiger charge is -2.26. The zero-order valence-electron chi connectivity index (χ0n) is 12.0. The molecule has 1 aromatic heterocycles. The Morgan fingerprint density at radius 3 is 2.74 bits per heavy atom. The van der Waals surface area contributed by atoms with Crippen LogP contribution in [0.15, 0.2) is 4.52 Å². The molecule has 19 heavy (non-hydrogen) atoms. The van der Waals surface area contributed by atoms with Gasteiger partial charge in [0.15, 0.2) is 5.82 Å².